The van der Waals surface area contributed by atoms with E-state index in [4.69, 9.17) is 4.74 Å². The normalized spacial score (nSPS) is 23.2. The van der Waals surface area contributed by atoms with Gasteiger partial charge in [-0.2, -0.15) is 0 Å². The lowest BCUT2D eigenvalue weighted by atomic mass is 10.0. The van der Waals surface area contributed by atoms with E-state index in [1.54, 1.807) is 0 Å². The van der Waals surface area contributed by atoms with Crippen molar-refractivity contribution in [2.24, 2.45) is 0 Å². The lowest BCUT2D eigenvalue weighted by Gasteiger charge is -2.40. The molecular formula is C22H26N2O2. The number of anilines is 1. The first-order chi connectivity index (χ1) is 12.7. The third-order valence-electron chi connectivity index (χ3n) is 5.57. The van der Waals surface area contributed by atoms with Crippen molar-refractivity contribution in [3.8, 4) is 5.75 Å². The van der Waals surface area contributed by atoms with Crippen LogP contribution >= 0.6 is 0 Å². The fraction of sp³-hybridized carbons (Fsp3) is 0.409. The topological polar surface area (TPSA) is 32.8 Å². The Bertz CT molecular complexity index is 762. The van der Waals surface area contributed by atoms with Crippen LogP contribution in [0.1, 0.15) is 37.8 Å². The SMILES string of the molecule is C[C@@H]1CCCCN1CC(=O)N1c2ccccc2OC[C@@H]1c1ccccc1. The average Bonchev–Trinajstić information content (AvgIpc) is 2.69. The quantitative estimate of drug-likeness (QED) is 0.838. The molecule has 2 heterocycles. The standard InChI is InChI=1S/C22H26N2O2/c1-17-9-7-8-14-23(17)15-22(25)24-19-12-5-6-13-21(19)26-16-20(24)18-10-3-2-4-11-18/h2-6,10-13,17,20H,7-9,14-16H2,1H3/t17-,20-/m1/s1. The fourth-order valence-corrected chi connectivity index (χ4v) is 4.06. The Morgan fingerprint density at radius 3 is 2.65 bits per heavy atom. The predicted molar refractivity (Wildman–Crippen MR) is 103 cm³/mol. The Morgan fingerprint density at radius 2 is 1.85 bits per heavy atom. The van der Waals surface area contributed by atoms with Crippen molar-refractivity contribution < 1.29 is 9.53 Å². The maximum atomic E-state index is 13.4. The summed E-state index contributed by atoms with van der Waals surface area (Å²) in [6.07, 6.45) is 3.62. The van der Waals surface area contributed by atoms with Crippen molar-refractivity contribution in [3.63, 3.8) is 0 Å². The third-order valence-corrected chi connectivity index (χ3v) is 5.57. The number of para-hydroxylation sites is 2. The van der Waals surface area contributed by atoms with Gasteiger partial charge in [-0.1, -0.05) is 48.9 Å². The number of carbonyl (C=O) groups excluding carboxylic acids is 1. The molecule has 4 rings (SSSR count). The van der Waals surface area contributed by atoms with Crippen LogP contribution in [-0.4, -0.2) is 36.5 Å². The van der Waals surface area contributed by atoms with Crippen LogP contribution in [0.25, 0.3) is 0 Å². The summed E-state index contributed by atoms with van der Waals surface area (Å²) in [5.74, 6) is 0.947. The molecule has 0 radical (unpaired) electrons. The monoisotopic (exact) mass is 350 g/mol. The van der Waals surface area contributed by atoms with Crippen LogP contribution in [0.5, 0.6) is 5.75 Å². The van der Waals surface area contributed by atoms with Gasteiger partial charge in [0, 0.05) is 6.04 Å². The fourth-order valence-electron chi connectivity index (χ4n) is 4.06. The highest BCUT2D eigenvalue weighted by molar-refractivity contribution is 5.97. The minimum absolute atomic E-state index is 0.0845. The van der Waals surface area contributed by atoms with Crippen LogP contribution in [0.15, 0.2) is 54.6 Å². The van der Waals surface area contributed by atoms with E-state index in [2.05, 4.69) is 24.0 Å². The summed E-state index contributed by atoms with van der Waals surface area (Å²) in [4.78, 5) is 17.7. The smallest absolute Gasteiger partial charge is 0.241 e. The molecule has 0 bridgehead atoms. The molecule has 2 aromatic rings. The molecule has 26 heavy (non-hydrogen) atoms. The zero-order valence-corrected chi connectivity index (χ0v) is 15.3. The number of carbonyl (C=O) groups is 1. The summed E-state index contributed by atoms with van der Waals surface area (Å²) in [5, 5.41) is 0. The molecule has 136 valence electrons. The van der Waals surface area contributed by atoms with E-state index in [9.17, 15) is 4.79 Å². The minimum Gasteiger partial charge on any atom is -0.489 e. The molecule has 2 aliphatic rings. The van der Waals surface area contributed by atoms with Crippen molar-refractivity contribution in [2.75, 3.05) is 24.6 Å². The van der Waals surface area contributed by atoms with Gasteiger partial charge in [0.05, 0.1) is 18.3 Å². The highest BCUT2D eigenvalue weighted by Gasteiger charge is 2.34. The van der Waals surface area contributed by atoms with Gasteiger partial charge in [0.25, 0.3) is 0 Å². The van der Waals surface area contributed by atoms with Crippen molar-refractivity contribution in [1.29, 1.82) is 0 Å². The number of ether oxygens (including phenoxy) is 1. The molecule has 0 N–H and O–H groups in total. The molecule has 1 fully saturated rings. The summed E-state index contributed by atoms with van der Waals surface area (Å²) >= 11 is 0. The number of fused-ring (bicyclic) bond motifs is 1. The van der Waals surface area contributed by atoms with E-state index in [-0.39, 0.29) is 11.9 Å². The number of hydrogen-bond acceptors (Lipinski definition) is 3. The molecule has 0 saturated carbocycles. The van der Waals surface area contributed by atoms with Gasteiger partial charge in [0.15, 0.2) is 0 Å². The Kier molecular flexibility index (Phi) is 4.93. The number of hydrogen-bond donors (Lipinski definition) is 0. The molecule has 0 spiro atoms. The lowest BCUT2D eigenvalue weighted by Crippen LogP contribution is -2.49. The molecule has 4 heteroatoms. The highest BCUT2D eigenvalue weighted by atomic mass is 16.5. The molecule has 0 unspecified atom stereocenters. The van der Waals surface area contributed by atoms with Crippen LogP contribution in [-0.2, 0) is 4.79 Å². The van der Waals surface area contributed by atoms with Crippen LogP contribution in [0.2, 0.25) is 0 Å². The average molecular weight is 350 g/mol. The van der Waals surface area contributed by atoms with E-state index in [0.29, 0.717) is 19.2 Å². The second-order valence-corrected chi connectivity index (χ2v) is 7.28. The molecule has 2 aromatic carbocycles. The molecule has 0 aliphatic carbocycles. The van der Waals surface area contributed by atoms with Gasteiger partial charge >= 0.3 is 0 Å². The van der Waals surface area contributed by atoms with Crippen molar-refractivity contribution in [3.05, 3.63) is 60.2 Å². The predicted octanol–water partition coefficient (Wildman–Crippen LogP) is 4.03. The second-order valence-electron chi connectivity index (χ2n) is 7.28. The lowest BCUT2D eigenvalue weighted by molar-refractivity contribution is -0.121. The van der Waals surface area contributed by atoms with E-state index in [0.717, 1.165) is 23.5 Å². The Balaban J connectivity index is 1.65. The molecule has 0 aromatic heterocycles. The van der Waals surface area contributed by atoms with Crippen LogP contribution < -0.4 is 9.64 Å². The molecule has 1 saturated heterocycles. The number of nitrogens with zero attached hydrogens (tertiary/aromatic N) is 2. The number of benzene rings is 2. The van der Waals surface area contributed by atoms with Gasteiger partial charge in [-0.05, 0) is 44.0 Å². The number of rotatable bonds is 3. The zero-order valence-electron chi connectivity index (χ0n) is 15.3. The number of amides is 1. The van der Waals surface area contributed by atoms with Crippen molar-refractivity contribution in [1.82, 2.24) is 4.90 Å². The van der Waals surface area contributed by atoms with E-state index in [1.807, 2.05) is 47.4 Å². The van der Waals surface area contributed by atoms with Gasteiger partial charge in [-0.3, -0.25) is 14.6 Å². The molecule has 2 aliphatic heterocycles. The number of piperidine rings is 1. The first-order valence-corrected chi connectivity index (χ1v) is 9.57. The maximum Gasteiger partial charge on any atom is 0.241 e. The van der Waals surface area contributed by atoms with E-state index >= 15 is 0 Å². The van der Waals surface area contributed by atoms with Crippen molar-refractivity contribution >= 4 is 11.6 Å². The van der Waals surface area contributed by atoms with Gasteiger partial charge in [-0.15, -0.1) is 0 Å². The first-order valence-electron chi connectivity index (χ1n) is 9.57. The largest absolute Gasteiger partial charge is 0.489 e. The van der Waals surface area contributed by atoms with Crippen LogP contribution in [0.3, 0.4) is 0 Å². The van der Waals surface area contributed by atoms with Gasteiger partial charge in [0.2, 0.25) is 5.91 Å². The summed E-state index contributed by atoms with van der Waals surface area (Å²) in [5.41, 5.74) is 1.99. The van der Waals surface area contributed by atoms with E-state index < -0.39 is 0 Å². The molecular weight excluding hydrogens is 324 g/mol. The van der Waals surface area contributed by atoms with Crippen LogP contribution in [0.4, 0.5) is 5.69 Å². The molecule has 4 nitrogen and oxygen atoms in total. The molecule has 2 atom stereocenters. The maximum absolute atomic E-state index is 13.4. The zero-order chi connectivity index (χ0) is 17.9. The van der Waals surface area contributed by atoms with Gasteiger partial charge < -0.3 is 4.74 Å². The van der Waals surface area contributed by atoms with Crippen LogP contribution in [0, 0.1) is 0 Å². The van der Waals surface area contributed by atoms with Gasteiger partial charge in [0.1, 0.15) is 12.4 Å². The number of likely N-dealkylation sites (tertiary alicyclic amines) is 1. The molecule has 1 amide bonds. The van der Waals surface area contributed by atoms with Gasteiger partial charge in [-0.25, -0.2) is 0 Å². The summed E-state index contributed by atoms with van der Waals surface area (Å²) in [6.45, 7) is 4.20. The second kappa shape index (κ2) is 7.50. The van der Waals surface area contributed by atoms with Crippen molar-refractivity contribution in [2.45, 2.75) is 38.3 Å². The summed E-state index contributed by atoms with van der Waals surface area (Å²) in [7, 11) is 0. The Morgan fingerprint density at radius 1 is 1.08 bits per heavy atom. The first kappa shape index (κ1) is 17.1. The summed E-state index contributed by atoms with van der Waals surface area (Å²) < 4.78 is 5.97. The highest BCUT2D eigenvalue weighted by Crippen LogP contribution is 2.39. The van der Waals surface area contributed by atoms with E-state index in [1.165, 1.54) is 19.3 Å². The Hall–Kier alpha value is -2.33. The third kappa shape index (κ3) is 3.34. The minimum atomic E-state index is -0.0845. The summed E-state index contributed by atoms with van der Waals surface area (Å²) in [6, 6.07) is 18.4. The Labute approximate surface area is 155 Å².